The molecule has 0 radical (unpaired) electrons. The summed E-state index contributed by atoms with van der Waals surface area (Å²) in [7, 11) is 0. The second-order valence-corrected chi connectivity index (χ2v) is 3.24. The van der Waals surface area contributed by atoms with Crippen LogP contribution in [0, 0.1) is 6.85 Å². The molecule has 0 atom stereocenters. The van der Waals surface area contributed by atoms with Crippen molar-refractivity contribution in [3.63, 3.8) is 0 Å². The third-order valence-corrected chi connectivity index (χ3v) is 2.34. The first-order valence-electron chi connectivity index (χ1n) is 7.45. The number of rotatable bonds is 2. The van der Waals surface area contributed by atoms with Gasteiger partial charge in [-0.15, -0.1) is 0 Å². The van der Waals surface area contributed by atoms with Crippen molar-refractivity contribution in [1.82, 2.24) is 4.98 Å². The van der Waals surface area contributed by atoms with Gasteiger partial charge in [-0.25, -0.2) is 0 Å². The summed E-state index contributed by atoms with van der Waals surface area (Å²) in [5.74, 6) is 0. The zero-order valence-electron chi connectivity index (χ0n) is 15.1. The van der Waals surface area contributed by atoms with Crippen LogP contribution < -0.4 is 4.74 Å². The van der Waals surface area contributed by atoms with Crippen LogP contribution in [0.15, 0.2) is 4.60 Å². The first-order valence-corrected chi connectivity index (χ1v) is 4.06. The van der Waals surface area contributed by atoms with Crippen LogP contribution in [0.2, 0.25) is 0 Å². The molecule has 4 heteroatoms. The number of hydrogen-bond donors (Lipinski definition) is 0. The molecule has 1 aromatic heterocycles. The Hall–Kier alpha value is -0.0900. The highest BCUT2D eigenvalue weighted by molar-refractivity contribution is 9.10. The van der Waals surface area contributed by atoms with Gasteiger partial charge in [0.05, 0.1) is 7.45 Å². The fourth-order valence-corrected chi connectivity index (χ4v) is 1.50. The molecule has 1 heterocycles. The quantitative estimate of drug-likeness (QED) is 0.800. The zero-order chi connectivity index (χ0) is 16.9. The number of halogens is 1. The van der Waals surface area contributed by atoms with E-state index in [-0.39, 0.29) is 9.48 Å². The number of aromatic nitrogens is 1. The topological polar surface area (TPSA) is 22.1 Å². The van der Waals surface area contributed by atoms with E-state index in [9.17, 15) is 0 Å². The van der Waals surface area contributed by atoms with Gasteiger partial charge in [0, 0.05) is 17.2 Å². The van der Waals surface area contributed by atoms with E-state index < -0.39 is 31.8 Å². The summed E-state index contributed by atoms with van der Waals surface area (Å²) in [4.78, 5) is 3.40. The van der Waals surface area contributed by atoms with E-state index in [2.05, 4.69) is 20.9 Å². The van der Waals surface area contributed by atoms with E-state index >= 15 is 0 Å². The normalized spacial score (nSPS) is 28.5. The molecule has 0 N–H and O–H groups in total. The summed E-state index contributed by atoms with van der Waals surface area (Å²) in [6.45, 7) is -9.09. The minimum atomic E-state index is -3.28. The summed E-state index contributed by atoms with van der Waals surface area (Å²) < 4.78 is 77.2. The summed E-state index contributed by atoms with van der Waals surface area (Å²) in [5, 5.41) is -0.518. The third-order valence-electron chi connectivity index (χ3n) is 0.756. The van der Waals surface area contributed by atoms with Crippen molar-refractivity contribution in [3.05, 3.63) is 9.48 Å². The second-order valence-electron chi connectivity index (χ2n) is 1.53. The van der Waals surface area contributed by atoms with Crippen molar-refractivity contribution in [3.8, 4) is 5.19 Å². The van der Waals surface area contributed by atoms with Gasteiger partial charge in [0.15, 0.2) is 0 Å². The minimum Gasteiger partial charge on any atom is -0.467 e. The molecule has 0 aliphatic rings. The van der Waals surface area contributed by atoms with Gasteiger partial charge in [-0.05, 0) is 36.5 Å². The molecule has 0 bridgehead atoms. The SMILES string of the molecule is [2H]C([2H])([2H])c1sc(OC([2H])(C([2H])([2H])[2H])C([2H])([2H])[2H])nc1Br. The Morgan fingerprint density at radius 3 is 3.18 bits per heavy atom. The molecule has 0 unspecified atom stereocenters. The Kier molecular flexibility index (Phi) is 0.788. The summed E-state index contributed by atoms with van der Waals surface area (Å²) >= 11 is 3.34. The van der Waals surface area contributed by atoms with Gasteiger partial charge in [0.25, 0.3) is 5.19 Å². The number of thiazole rings is 1. The third kappa shape index (κ3) is 2.45. The Balaban J connectivity index is 3.25. The van der Waals surface area contributed by atoms with E-state index in [1.165, 1.54) is 0 Å². The number of aryl methyl sites for hydroxylation is 1. The number of ether oxygens (including phenoxy) is 1. The molecule has 2 nitrogen and oxygen atoms in total. The highest BCUT2D eigenvalue weighted by Gasteiger charge is 2.06. The smallest absolute Gasteiger partial charge is 0.274 e. The van der Waals surface area contributed by atoms with Crippen LogP contribution in [0.25, 0.3) is 0 Å². The second kappa shape index (κ2) is 3.54. The van der Waals surface area contributed by atoms with Crippen molar-refractivity contribution < 1.29 is 18.4 Å². The van der Waals surface area contributed by atoms with E-state index in [4.69, 9.17) is 18.4 Å². The average molecular weight is 246 g/mol. The van der Waals surface area contributed by atoms with E-state index in [0.29, 0.717) is 11.3 Å². The molecule has 0 saturated carbocycles. The fourth-order valence-electron chi connectivity index (χ4n) is 0.414. The molecule has 11 heavy (non-hydrogen) atoms. The van der Waals surface area contributed by atoms with Gasteiger partial charge in [-0.2, -0.15) is 4.98 Å². The Morgan fingerprint density at radius 1 is 1.82 bits per heavy atom. The molecule has 0 fully saturated rings. The summed E-state index contributed by atoms with van der Waals surface area (Å²) in [6, 6.07) is 0. The molecule has 1 rings (SSSR count). The van der Waals surface area contributed by atoms with E-state index in [1.807, 2.05) is 0 Å². The largest absolute Gasteiger partial charge is 0.467 e. The lowest BCUT2D eigenvalue weighted by atomic mass is 10.5. The molecule has 0 aromatic carbocycles. The predicted molar refractivity (Wildman–Crippen MR) is 50.3 cm³/mol. The molecule has 0 spiro atoms. The Morgan fingerprint density at radius 2 is 2.64 bits per heavy atom. The van der Waals surface area contributed by atoms with Gasteiger partial charge in [0.2, 0.25) is 0 Å². The van der Waals surface area contributed by atoms with Crippen LogP contribution in [0.4, 0.5) is 0 Å². The highest BCUT2D eigenvalue weighted by Crippen LogP contribution is 2.28. The molecule has 0 saturated heterocycles. The van der Waals surface area contributed by atoms with Crippen molar-refractivity contribution in [2.45, 2.75) is 26.6 Å². The van der Waals surface area contributed by atoms with Crippen molar-refractivity contribution >= 4 is 27.3 Å². The van der Waals surface area contributed by atoms with Gasteiger partial charge < -0.3 is 4.74 Å². The van der Waals surface area contributed by atoms with Crippen molar-refractivity contribution in [1.29, 1.82) is 0 Å². The van der Waals surface area contributed by atoms with Crippen LogP contribution in [-0.2, 0) is 0 Å². The van der Waals surface area contributed by atoms with Crippen LogP contribution in [0.5, 0.6) is 5.19 Å². The summed E-state index contributed by atoms with van der Waals surface area (Å²) in [6.07, 6.45) is -3.25. The molecule has 0 aliphatic heterocycles. The van der Waals surface area contributed by atoms with Gasteiger partial charge in [-0.3, -0.25) is 0 Å². The van der Waals surface area contributed by atoms with Gasteiger partial charge in [0.1, 0.15) is 4.60 Å². The van der Waals surface area contributed by atoms with Crippen LogP contribution in [0.3, 0.4) is 0 Å². The Bertz CT molecular complexity index is 503. The standard InChI is InChI=1S/C7H10BrNOS/c1-4(2)10-7-9-6(8)5(3)11-7/h4H,1-3H3/i1D3,2D3,3D3,4D. The van der Waals surface area contributed by atoms with E-state index in [0.717, 1.165) is 0 Å². The monoisotopic (exact) mass is 245 g/mol. The number of hydrogen-bond acceptors (Lipinski definition) is 3. The van der Waals surface area contributed by atoms with E-state index in [1.54, 1.807) is 0 Å². The minimum absolute atomic E-state index is 0.110. The number of nitrogens with zero attached hydrogens (tertiary/aromatic N) is 1. The molecular formula is C7H10BrNOS. The van der Waals surface area contributed by atoms with Crippen molar-refractivity contribution in [2.75, 3.05) is 0 Å². The van der Waals surface area contributed by atoms with Gasteiger partial charge >= 0.3 is 0 Å². The molecule has 0 aliphatic carbocycles. The first-order chi connectivity index (χ1) is 9.09. The van der Waals surface area contributed by atoms with Gasteiger partial charge in [-0.1, -0.05) is 11.3 Å². The maximum atomic E-state index is 7.66. The lowest BCUT2D eigenvalue weighted by Crippen LogP contribution is -2.04. The lowest BCUT2D eigenvalue weighted by Gasteiger charge is -2.03. The molecule has 0 amide bonds. The fraction of sp³-hybridized carbons (Fsp3) is 0.571. The molecular weight excluding hydrogens is 226 g/mol. The lowest BCUT2D eigenvalue weighted by molar-refractivity contribution is 0.241. The first kappa shape index (κ1) is 2.45. The average Bonchev–Trinajstić information content (AvgIpc) is 2.55. The predicted octanol–water partition coefficient (Wildman–Crippen LogP) is 3.00. The van der Waals surface area contributed by atoms with Crippen LogP contribution in [0.1, 0.15) is 32.3 Å². The zero-order valence-corrected chi connectivity index (χ0v) is 7.54. The Labute approximate surface area is 92.8 Å². The molecule has 1 aromatic rings. The highest BCUT2D eigenvalue weighted by atomic mass is 79.9. The molecule has 62 valence electrons. The maximum Gasteiger partial charge on any atom is 0.274 e. The van der Waals surface area contributed by atoms with Crippen LogP contribution >= 0.6 is 27.3 Å². The maximum absolute atomic E-state index is 7.66. The van der Waals surface area contributed by atoms with Crippen LogP contribution in [-0.4, -0.2) is 11.1 Å². The summed E-state index contributed by atoms with van der Waals surface area (Å²) in [5.41, 5.74) is 0. The van der Waals surface area contributed by atoms with Crippen molar-refractivity contribution in [2.24, 2.45) is 0 Å².